The van der Waals surface area contributed by atoms with Crippen LogP contribution in [-0.4, -0.2) is 20.9 Å². The number of imidazole rings is 1. The van der Waals surface area contributed by atoms with Gasteiger partial charge < -0.3 is 16.0 Å². The smallest absolute Gasteiger partial charge is 0.253 e. The number of hydrogen-bond donors (Lipinski definition) is 3. The molecule has 2 rings (SSSR count). The molecule has 0 spiro atoms. The van der Waals surface area contributed by atoms with Crippen LogP contribution >= 0.6 is 11.6 Å². The highest BCUT2D eigenvalue weighted by atomic mass is 35.5. The zero-order valence-corrected chi connectivity index (χ0v) is 9.53. The number of carbonyl (C=O) groups excluding carboxylic acids is 1. The van der Waals surface area contributed by atoms with Gasteiger partial charge in [-0.3, -0.25) is 4.79 Å². The van der Waals surface area contributed by atoms with Crippen LogP contribution in [0.5, 0.6) is 0 Å². The van der Waals surface area contributed by atoms with Crippen LogP contribution in [0.1, 0.15) is 16.1 Å². The number of aromatic nitrogens is 3. The van der Waals surface area contributed by atoms with E-state index in [0.717, 1.165) is 5.69 Å². The number of carbonyl (C=O) groups is 1. The number of rotatable bonds is 3. The maximum atomic E-state index is 11.8. The topological polar surface area (TPSA) is 96.7 Å². The predicted octanol–water partition coefficient (Wildman–Crippen LogP) is 0.970. The molecule has 0 atom stereocenters. The van der Waals surface area contributed by atoms with Gasteiger partial charge >= 0.3 is 0 Å². The molecule has 4 N–H and O–H groups in total. The maximum Gasteiger partial charge on any atom is 0.253 e. The number of anilines is 1. The highest BCUT2D eigenvalue weighted by Gasteiger charge is 2.11. The molecule has 0 radical (unpaired) electrons. The Morgan fingerprint density at radius 3 is 3.06 bits per heavy atom. The van der Waals surface area contributed by atoms with Crippen molar-refractivity contribution in [1.82, 2.24) is 20.3 Å². The minimum Gasteiger partial charge on any atom is -0.384 e. The largest absolute Gasteiger partial charge is 0.384 e. The monoisotopic (exact) mass is 251 g/mol. The minimum atomic E-state index is -0.307. The second-order valence-electron chi connectivity index (χ2n) is 3.35. The minimum absolute atomic E-state index is 0.251. The van der Waals surface area contributed by atoms with Gasteiger partial charge in [0.2, 0.25) is 0 Å². The lowest BCUT2D eigenvalue weighted by Crippen LogP contribution is -2.23. The van der Waals surface area contributed by atoms with Crippen molar-refractivity contribution >= 4 is 23.3 Å². The van der Waals surface area contributed by atoms with Crippen LogP contribution in [0.15, 0.2) is 24.8 Å². The first-order chi connectivity index (χ1) is 8.16. The van der Waals surface area contributed by atoms with Gasteiger partial charge in [-0.2, -0.15) is 0 Å². The Labute approximate surface area is 102 Å². The average molecular weight is 252 g/mol. The molecule has 0 saturated heterocycles. The van der Waals surface area contributed by atoms with Crippen molar-refractivity contribution in [3.8, 4) is 0 Å². The van der Waals surface area contributed by atoms with Crippen LogP contribution in [0, 0.1) is 0 Å². The van der Waals surface area contributed by atoms with Gasteiger partial charge in [0, 0.05) is 12.4 Å². The van der Waals surface area contributed by atoms with E-state index >= 15 is 0 Å². The molecular formula is C10H10ClN5O. The van der Waals surface area contributed by atoms with E-state index in [1.165, 1.54) is 12.3 Å². The molecule has 0 aromatic carbocycles. The summed E-state index contributed by atoms with van der Waals surface area (Å²) >= 11 is 5.85. The average Bonchev–Trinajstić information content (AvgIpc) is 2.82. The van der Waals surface area contributed by atoms with Crippen molar-refractivity contribution in [3.63, 3.8) is 0 Å². The molecule has 0 aliphatic heterocycles. The molecule has 1 amide bonds. The Kier molecular flexibility index (Phi) is 3.24. The Morgan fingerprint density at radius 2 is 2.35 bits per heavy atom. The number of halogens is 1. The summed E-state index contributed by atoms with van der Waals surface area (Å²) in [7, 11) is 0. The lowest BCUT2D eigenvalue weighted by atomic mass is 10.2. The van der Waals surface area contributed by atoms with Crippen molar-refractivity contribution in [3.05, 3.63) is 41.1 Å². The summed E-state index contributed by atoms with van der Waals surface area (Å²) in [5.74, 6) is -0.0557. The quantitative estimate of drug-likeness (QED) is 0.757. The fourth-order valence-electron chi connectivity index (χ4n) is 1.28. The summed E-state index contributed by atoms with van der Waals surface area (Å²) in [6, 6.07) is 1.44. The van der Waals surface area contributed by atoms with Crippen LogP contribution in [0.3, 0.4) is 0 Å². The first-order valence-electron chi connectivity index (χ1n) is 4.83. The van der Waals surface area contributed by atoms with Crippen LogP contribution < -0.4 is 11.1 Å². The van der Waals surface area contributed by atoms with E-state index in [-0.39, 0.29) is 16.7 Å². The van der Waals surface area contributed by atoms with Gasteiger partial charge in [-0.15, -0.1) is 0 Å². The molecule has 2 aromatic rings. The molecule has 2 aromatic heterocycles. The molecule has 6 nitrogen and oxygen atoms in total. The number of nitrogens with two attached hydrogens (primary N) is 1. The van der Waals surface area contributed by atoms with Gasteiger partial charge in [0.05, 0.1) is 29.2 Å². The van der Waals surface area contributed by atoms with Crippen LogP contribution in [0.25, 0.3) is 0 Å². The standard InChI is InChI=1S/C10H10ClN5O/c11-8-4-14-9(12)1-7(8)10(17)15-3-6-2-13-5-16-6/h1-2,4-5H,3H2,(H2,12,14)(H,13,16)(H,15,17). The summed E-state index contributed by atoms with van der Waals surface area (Å²) in [5, 5.41) is 2.96. The number of amides is 1. The number of hydrogen-bond acceptors (Lipinski definition) is 4. The van der Waals surface area contributed by atoms with Gasteiger partial charge in [-0.25, -0.2) is 9.97 Å². The van der Waals surface area contributed by atoms with Crippen molar-refractivity contribution in [2.45, 2.75) is 6.54 Å². The summed E-state index contributed by atoms with van der Waals surface area (Å²) < 4.78 is 0. The molecular weight excluding hydrogens is 242 g/mol. The second kappa shape index (κ2) is 4.84. The number of nitrogens with one attached hydrogen (secondary N) is 2. The van der Waals surface area contributed by atoms with Crippen molar-refractivity contribution in [2.75, 3.05) is 5.73 Å². The fourth-order valence-corrected chi connectivity index (χ4v) is 1.47. The fraction of sp³-hybridized carbons (Fsp3) is 0.100. The number of nitrogen functional groups attached to an aromatic ring is 1. The second-order valence-corrected chi connectivity index (χ2v) is 3.76. The lowest BCUT2D eigenvalue weighted by Gasteiger charge is -2.05. The van der Waals surface area contributed by atoms with Gasteiger partial charge in [0.15, 0.2) is 0 Å². The van der Waals surface area contributed by atoms with Gasteiger partial charge in [-0.1, -0.05) is 11.6 Å². The lowest BCUT2D eigenvalue weighted by molar-refractivity contribution is 0.0950. The zero-order chi connectivity index (χ0) is 12.3. The summed E-state index contributed by atoms with van der Waals surface area (Å²) in [6.45, 7) is 0.345. The highest BCUT2D eigenvalue weighted by Crippen LogP contribution is 2.16. The molecule has 0 aliphatic carbocycles. The molecule has 0 aliphatic rings. The molecule has 88 valence electrons. The SMILES string of the molecule is Nc1cc(C(=O)NCc2cnc[nH]2)c(Cl)cn1. The van der Waals surface area contributed by atoms with E-state index in [9.17, 15) is 4.79 Å². The Hall–Kier alpha value is -2.08. The first-order valence-corrected chi connectivity index (χ1v) is 5.21. The number of H-pyrrole nitrogens is 1. The number of aromatic amines is 1. The van der Waals surface area contributed by atoms with E-state index in [4.69, 9.17) is 17.3 Å². The van der Waals surface area contributed by atoms with Crippen LogP contribution in [-0.2, 0) is 6.54 Å². The third-order valence-corrected chi connectivity index (χ3v) is 2.42. The third-order valence-electron chi connectivity index (χ3n) is 2.12. The Bertz CT molecular complexity index is 525. The predicted molar refractivity (Wildman–Crippen MR) is 63.4 cm³/mol. The molecule has 0 bridgehead atoms. The maximum absolute atomic E-state index is 11.8. The summed E-state index contributed by atoms with van der Waals surface area (Å²) in [6.07, 6.45) is 4.52. The van der Waals surface area contributed by atoms with Crippen molar-refractivity contribution in [1.29, 1.82) is 0 Å². The molecule has 0 unspecified atom stereocenters. The first kappa shape index (κ1) is 11.4. The van der Waals surface area contributed by atoms with E-state index in [2.05, 4.69) is 20.3 Å². The van der Waals surface area contributed by atoms with Gasteiger partial charge in [-0.05, 0) is 6.07 Å². The van der Waals surface area contributed by atoms with E-state index in [1.807, 2.05) is 0 Å². The molecule has 7 heteroatoms. The van der Waals surface area contributed by atoms with Crippen LogP contribution in [0.2, 0.25) is 5.02 Å². The molecule has 2 heterocycles. The molecule has 0 fully saturated rings. The van der Waals surface area contributed by atoms with E-state index in [0.29, 0.717) is 12.1 Å². The molecule has 0 saturated carbocycles. The van der Waals surface area contributed by atoms with Crippen molar-refractivity contribution in [2.24, 2.45) is 0 Å². The summed E-state index contributed by atoms with van der Waals surface area (Å²) in [4.78, 5) is 22.3. The number of nitrogens with zero attached hydrogens (tertiary/aromatic N) is 2. The zero-order valence-electron chi connectivity index (χ0n) is 8.77. The normalized spacial score (nSPS) is 10.2. The number of pyridine rings is 1. The van der Waals surface area contributed by atoms with Crippen molar-refractivity contribution < 1.29 is 4.79 Å². The molecule has 17 heavy (non-hydrogen) atoms. The van der Waals surface area contributed by atoms with Gasteiger partial charge in [0.25, 0.3) is 5.91 Å². The van der Waals surface area contributed by atoms with Gasteiger partial charge in [0.1, 0.15) is 5.82 Å². The van der Waals surface area contributed by atoms with E-state index < -0.39 is 0 Å². The Morgan fingerprint density at radius 1 is 1.53 bits per heavy atom. The third kappa shape index (κ3) is 2.73. The van der Waals surface area contributed by atoms with Crippen LogP contribution in [0.4, 0.5) is 5.82 Å². The Balaban J connectivity index is 2.07. The van der Waals surface area contributed by atoms with E-state index in [1.54, 1.807) is 12.5 Å². The summed E-state index contributed by atoms with van der Waals surface area (Å²) in [5.41, 5.74) is 6.60. The highest BCUT2D eigenvalue weighted by molar-refractivity contribution is 6.33.